The number of ether oxygens (including phenoxy) is 1. The van der Waals surface area contributed by atoms with E-state index in [0.29, 0.717) is 10.7 Å². The predicted octanol–water partition coefficient (Wildman–Crippen LogP) is 3.11. The molecule has 1 aromatic heterocycles. The number of aromatic carboxylic acids is 1. The van der Waals surface area contributed by atoms with E-state index in [9.17, 15) is 4.79 Å². The average molecular weight is 264 g/mol. The van der Waals surface area contributed by atoms with Crippen LogP contribution in [0.15, 0.2) is 36.4 Å². The summed E-state index contributed by atoms with van der Waals surface area (Å²) in [6, 6.07) is 9.86. The summed E-state index contributed by atoms with van der Waals surface area (Å²) in [4.78, 5) is 15.2. The molecular weight excluding hydrogens is 254 g/mol. The summed E-state index contributed by atoms with van der Waals surface area (Å²) in [7, 11) is 1.44. The SMILES string of the molecule is COc1cc(C(=O)O)cc(-c2ccc(Cl)cc2)n1. The fraction of sp³-hybridized carbons (Fsp3) is 0.0769. The maximum Gasteiger partial charge on any atom is 0.335 e. The molecule has 0 aliphatic heterocycles. The van der Waals surface area contributed by atoms with Gasteiger partial charge in [0.1, 0.15) is 0 Å². The molecule has 2 rings (SSSR count). The van der Waals surface area contributed by atoms with Gasteiger partial charge in [-0.3, -0.25) is 0 Å². The van der Waals surface area contributed by atoms with Crippen molar-refractivity contribution in [1.29, 1.82) is 0 Å². The zero-order valence-corrected chi connectivity index (χ0v) is 10.3. The summed E-state index contributed by atoms with van der Waals surface area (Å²) in [5.74, 6) is -0.759. The molecule has 0 saturated carbocycles. The Morgan fingerprint density at radius 1 is 1.28 bits per heavy atom. The topological polar surface area (TPSA) is 59.4 Å². The lowest BCUT2D eigenvalue weighted by Crippen LogP contribution is -2.00. The first kappa shape index (κ1) is 12.4. The van der Waals surface area contributed by atoms with E-state index in [-0.39, 0.29) is 11.4 Å². The molecule has 18 heavy (non-hydrogen) atoms. The summed E-state index contributed by atoms with van der Waals surface area (Å²) < 4.78 is 4.99. The van der Waals surface area contributed by atoms with Gasteiger partial charge in [-0.2, -0.15) is 0 Å². The van der Waals surface area contributed by atoms with Crippen molar-refractivity contribution in [2.75, 3.05) is 7.11 Å². The molecule has 0 fully saturated rings. The van der Waals surface area contributed by atoms with E-state index in [1.54, 1.807) is 24.3 Å². The van der Waals surface area contributed by atoms with Gasteiger partial charge in [0.15, 0.2) is 0 Å². The van der Waals surface area contributed by atoms with Gasteiger partial charge in [0.25, 0.3) is 0 Å². The lowest BCUT2D eigenvalue weighted by molar-refractivity contribution is 0.0696. The summed E-state index contributed by atoms with van der Waals surface area (Å²) >= 11 is 5.80. The highest BCUT2D eigenvalue weighted by molar-refractivity contribution is 6.30. The third kappa shape index (κ3) is 2.60. The molecule has 0 atom stereocenters. The smallest absolute Gasteiger partial charge is 0.335 e. The second kappa shape index (κ2) is 5.06. The van der Waals surface area contributed by atoms with Crippen LogP contribution in [0.3, 0.4) is 0 Å². The zero-order valence-electron chi connectivity index (χ0n) is 9.55. The Balaban J connectivity index is 2.52. The number of rotatable bonds is 3. The van der Waals surface area contributed by atoms with E-state index >= 15 is 0 Å². The Labute approximate surface area is 109 Å². The number of benzene rings is 1. The molecule has 0 aliphatic rings. The van der Waals surface area contributed by atoms with Crippen LogP contribution in [0, 0.1) is 0 Å². The number of carbonyl (C=O) groups is 1. The maximum absolute atomic E-state index is 11.0. The molecule has 0 bridgehead atoms. The molecule has 0 radical (unpaired) electrons. The van der Waals surface area contributed by atoms with Crippen molar-refractivity contribution < 1.29 is 14.6 Å². The zero-order chi connectivity index (χ0) is 13.1. The molecule has 1 heterocycles. The highest BCUT2D eigenvalue weighted by Gasteiger charge is 2.10. The second-order valence-electron chi connectivity index (χ2n) is 3.60. The number of nitrogens with zero attached hydrogens (tertiary/aromatic N) is 1. The Morgan fingerprint density at radius 2 is 1.94 bits per heavy atom. The maximum atomic E-state index is 11.0. The first-order valence-corrected chi connectivity index (χ1v) is 5.53. The molecule has 0 spiro atoms. The number of carboxylic acid groups (broad SMARTS) is 1. The fourth-order valence-electron chi connectivity index (χ4n) is 1.50. The number of carboxylic acids is 1. The lowest BCUT2D eigenvalue weighted by atomic mass is 10.1. The van der Waals surface area contributed by atoms with Crippen LogP contribution in [0.5, 0.6) is 5.88 Å². The van der Waals surface area contributed by atoms with Gasteiger partial charge in [-0.1, -0.05) is 23.7 Å². The number of halogens is 1. The quantitative estimate of drug-likeness (QED) is 0.924. The van der Waals surface area contributed by atoms with E-state index < -0.39 is 5.97 Å². The highest BCUT2D eigenvalue weighted by Crippen LogP contribution is 2.23. The largest absolute Gasteiger partial charge is 0.481 e. The van der Waals surface area contributed by atoms with E-state index in [4.69, 9.17) is 21.4 Å². The summed E-state index contributed by atoms with van der Waals surface area (Å²) in [5.41, 5.74) is 1.44. The Kier molecular flexibility index (Phi) is 3.48. The van der Waals surface area contributed by atoms with Gasteiger partial charge in [0, 0.05) is 16.7 Å². The third-order valence-electron chi connectivity index (χ3n) is 2.40. The van der Waals surface area contributed by atoms with E-state index in [1.807, 2.05) is 0 Å². The average Bonchev–Trinajstić information content (AvgIpc) is 2.39. The van der Waals surface area contributed by atoms with Gasteiger partial charge in [0.2, 0.25) is 5.88 Å². The first-order chi connectivity index (χ1) is 8.60. The van der Waals surface area contributed by atoms with Crippen molar-refractivity contribution in [3.63, 3.8) is 0 Å². The monoisotopic (exact) mass is 263 g/mol. The molecule has 1 aromatic carbocycles. The highest BCUT2D eigenvalue weighted by atomic mass is 35.5. The third-order valence-corrected chi connectivity index (χ3v) is 2.65. The van der Waals surface area contributed by atoms with Crippen molar-refractivity contribution in [3.05, 3.63) is 47.0 Å². The predicted molar refractivity (Wildman–Crippen MR) is 68.2 cm³/mol. The van der Waals surface area contributed by atoms with E-state index in [2.05, 4.69) is 4.98 Å². The molecular formula is C13H10ClNO3. The number of methoxy groups -OCH3 is 1. The van der Waals surface area contributed by atoms with Crippen molar-refractivity contribution in [1.82, 2.24) is 4.98 Å². The first-order valence-electron chi connectivity index (χ1n) is 5.15. The minimum absolute atomic E-state index is 0.131. The number of pyridine rings is 1. The van der Waals surface area contributed by atoms with Gasteiger partial charge in [-0.05, 0) is 18.2 Å². The van der Waals surface area contributed by atoms with Gasteiger partial charge in [-0.15, -0.1) is 0 Å². The Morgan fingerprint density at radius 3 is 2.50 bits per heavy atom. The normalized spacial score (nSPS) is 10.1. The Hall–Kier alpha value is -2.07. The van der Waals surface area contributed by atoms with Crippen molar-refractivity contribution in [2.24, 2.45) is 0 Å². The molecule has 0 unspecified atom stereocenters. The molecule has 2 aromatic rings. The van der Waals surface area contributed by atoms with Crippen molar-refractivity contribution >= 4 is 17.6 Å². The number of hydrogen-bond donors (Lipinski definition) is 1. The van der Waals surface area contributed by atoms with Crippen LogP contribution >= 0.6 is 11.6 Å². The lowest BCUT2D eigenvalue weighted by Gasteiger charge is -2.06. The fourth-order valence-corrected chi connectivity index (χ4v) is 1.63. The van der Waals surface area contributed by atoms with Gasteiger partial charge in [0.05, 0.1) is 18.4 Å². The minimum Gasteiger partial charge on any atom is -0.481 e. The Bertz CT molecular complexity index is 581. The van der Waals surface area contributed by atoms with Gasteiger partial charge >= 0.3 is 5.97 Å². The molecule has 0 saturated heterocycles. The molecule has 5 heteroatoms. The molecule has 4 nitrogen and oxygen atoms in total. The number of aromatic nitrogens is 1. The van der Waals surface area contributed by atoms with Crippen LogP contribution in [0.25, 0.3) is 11.3 Å². The van der Waals surface area contributed by atoms with Gasteiger partial charge in [-0.25, -0.2) is 9.78 Å². The van der Waals surface area contributed by atoms with E-state index in [0.717, 1.165) is 5.56 Å². The molecule has 0 aliphatic carbocycles. The van der Waals surface area contributed by atoms with Crippen LogP contribution in [0.2, 0.25) is 5.02 Å². The number of hydrogen-bond acceptors (Lipinski definition) is 3. The molecule has 0 amide bonds. The summed E-state index contributed by atoms with van der Waals surface area (Å²) in [6.45, 7) is 0. The van der Waals surface area contributed by atoms with Crippen LogP contribution in [0.1, 0.15) is 10.4 Å². The molecule has 92 valence electrons. The van der Waals surface area contributed by atoms with Crippen LogP contribution in [0.4, 0.5) is 0 Å². The van der Waals surface area contributed by atoms with Gasteiger partial charge < -0.3 is 9.84 Å². The van der Waals surface area contributed by atoms with Crippen LogP contribution < -0.4 is 4.74 Å². The van der Waals surface area contributed by atoms with Crippen molar-refractivity contribution in [3.8, 4) is 17.1 Å². The van der Waals surface area contributed by atoms with E-state index in [1.165, 1.54) is 19.2 Å². The second-order valence-corrected chi connectivity index (χ2v) is 4.03. The van der Waals surface area contributed by atoms with Crippen molar-refractivity contribution in [2.45, 2.75) is 0 Å². The summed E-state index contributed by atoms with van der Waals surface area (Å²) in [6.07, 6.45) is 0. The van der Waals surface area contributed by atoms with Crippen LogP contribution in [-0.4, -0.2) is 23.2 Å². The minimum atomic E-state index is -1.02. The summed E-state index contributed by atoms with van der Waals surface area (Å²) in [5, 5.41) is 9.63. The van der Waals surface area contributed by atoms with Crippen LogP contribution in [-0.2, 0) is 0 Å². The molecule has 1 N–H and O–H groups in total. The standard InChI is InChI=1S/C13H10ClNO3/c1-18-12-7-9(13(16)17)6-11(15-12)8-2-4-10(14)5-3-8/h2-7H,1H3,(H,16,17).